The number of H-pyrrole nitrogens is 1. The molecule has 0 unspecified atom stereocenters. The number of likely N-dealkylation sites (tertiary alicyclic amines) is 1. The van der Waals surface area contributed by atoms with Crippen molar-refractivity contribution in [3.8, 4) is 0 Å². The Bertz CT molecular complexity index is 718. The van der Waals surface area contributed by atoms with Gasteiger partial charge < -0.3 is 4.98 Å². The van der Waals surface area contributed by atoms with Gasteiger partial charge in [-0.1, -0.05) is 13.8 Å². The van der Waals surface area contributed by atoms with E-state index in [-0.39, 0.29) is 0 Å². The van der Waals surface area contributed by atoms with E-state index in [1.807, 2.05) is 0 Å². The number of rotatable bonds is 5. The molecule has 3 heterocycles. The summed E-state index contributed by atoms with van der Waals surface area (Å²) in [5.41, 5.74) is 6.84. The largest absolute Gasteiger partial charge is 0.344 e. The standard InChI is InChI=1S/C20H31N5/c1-4-15-14(18(5-2)24(3)23-15)13-25-12-8-11-19(25)20-21-16-9-6-7-10-17(16)22-20/h19H,4-13H2,1-3H3,(H,21,22)/t19-/m1/s1. The van der Waals surface area contributed by atoms with Crippen molar-refractivity contribution in [3.05, 3.63) is 34.2 Å². The van der Waals surface area contributed by atoms with Gasteiger partial charge in [0.05, 0.1) is 17.4 Å². The molecule has 1 saturated heterocycles. The second-order valence-electron chi connectivity index (χ2n) is 7.59. The van der Waals surface area contributed by atoms with Crippen LogP contribution in [0.5, 0.6) is 0 Å². The molecule has 5 heteroatoms. The minimum atomic E-state index is 0.445. The Balaban J connectivity index is 1.59. The van der Waals surface area contributed by atoms with Crippen LogP contribution in [0.1, 0.15) is 79.7 Å². The van der Waals surface area contributed by atoms with Crippen LogP contribution in [0, 0.1) is 0 Å². The van der Waals surface area contributed by atoms with Gasteiger partial charge in [0.2, 0.25) is 0 Å². The molecule has 0 radical (unpaired) electrons. The van der Waals surface area contributed by atoms with Crippen molar-refractivity contribution >= 4 is 0 Å². The first-order chi connectivity index (χ1) is 12.2. The van der Waals surface area contributed by atoms with E-state index in [4.69, 9.17) is 10.1 Å². The predicted octanol–water partition coefficient (Wildman–Crippen LogP) is 3.48. The van der Waals surface area contributed by atoms with Gasteiger partial charge in [0, 0.05) is 30.5 Å². The van der Waals surface area contributed by atoms with Gasteiger partial charge >= 0.3 is 0 Å². The number of imidazole rings is 1. The Morgan fingerprint density at radius 3 is 2.72 bits per heavy atom. The second-order valence-corrected chi connectivity index (χ2v) is 7.59. The summed E-state index contributed by atoms with van der Waals surface area (Å²) in [5.74, 6) is 1.21. The van der Waals surface area contributed by atoms with Crippen LogP contribution in [0.3, 0.4) is 0 Å². The van der Waals surface area contributed by atoms with Crippen molar-refractivity contribution in [1.82, 2.24) is 24.6 Å². The lowest BCUT2D eigenvalue weighted by molar-refractivity contribution is 0.239. The normalized spacial score (nSPS) is 21.0. The molecule has 2 aromatic heterocycles. The van der Waals surface area contributed by atoms with Crippen LogP contribution in [0.25, 0.3) is 0 Å². The summed E-state index contributed by atoms with van der Waals surface area (Å²) >= 11 is 0. The number of nitrogens with one attached hydrogen (secondary N) is 1. The van der Waals surface area contributed by atoms with Crippen molar-refractivity contribution in [1.29, 1.82) is 0 Å². The molecule has 25 heavy (non-hydrogen) atoms. The zero-order chi connectivity index (χ0) is 17.4. The van der Waals surface area contributed by atoms with Gasteiger partial charge in [0.1, 0.15) is 5.82 Å². The molecule has 1 fully saturated rings. The van der Waals surface area contributed by atoms with E-state index in [9.17, 15) is 0 Å². The van der Waals surface area contributed by atoms with Crippen LogP contribution in [0.2, 0.25) is 0 Å². The summed E-state index contributed by atoms with van der Waals surface area (Å²) in [6, 6.07) is 0.445. The quantitative estimate of drug-likeness (QED) is 0.906. The van der Waals surface area contributed by atoms with Crippen molar-refractivity contribution in [2.75, 3.05) is 6.54 Å². The Morgan fingerprint density at radius 2 is 1.96 bits per heavy atom. The van der Waals surface area contributed by atoms with Crippen LogP contribution in [0.15, 0.2) is 0 Å². The zero-order valence-electron chi connectivity index (χ0n) is 15.9. The van der Waals surface area contributed by atoms with Crippen molar-refractivity contribution < 1.29 is 0 Å². The Hall–Kier alpha value is -1.62. The topological polar surface area (TPSA) is 49.7 Å². The molecule has 136 valence electrons. The molecule has 5 nitrogen and oxygen atoms in total. The van der Waals surface area contributed by atoms with Gasteiger partial charge in [-0.2, -0.15) is 5.10 Å². The molecular formula is C20H31N5. The lowest BCUT2D eigenvalue weighted by Crippen LogP contribution is -2.24. The summed E-state index contributed by atoms with van der Waals surface area (Å²) in [6.45, 7) is 6.63. The molecule has 0 amide bonds. The number of fused-ring (bicyclic) bond motifs is 1. The Morgan fingerprint density at radius 1 is 1.12 bits per heavy atom. The molecule has 2 aliphatic rings. The molecule has 0 saturated carbocycles. The fourth-order valence-corrected chi connectivity index (χ4v) is 4.73. The summed E-state index contributed by atoms with van der Waals surface area (Å²) in [4.78, 5) is 11.3. The van der Waals surface area contributed by atoms with Crippen molar-refractivity contribution in [2.24, 2.45) is 7.05 Å². The van der Waals surface area contributed by atoms with E-state index in [1.54, 1.807) is 0 Å². The molecule has 1 aliphatic carbocycles. The summed E-state index contributed by atoms with van der Waals surface area (Å²) in [7, 11) is 2.09. The first-order valence-electron chi connectivity index (χ1n) is 10.1. The highest BCUT2D eigenvalue weighted by Gasteiger charge is 2.31. The molecule has 2 aromatic rings. The molecule has 1 aliphatic heterocycles. The number of hydrogen-bond donors (Lipinski definition) is 1. The average molecular weight is 342 g/mol. The maximum Gasteiger partial charge on any atom is 0.124 e. The van der Waals surface area contributed by atoms with Gasteiger partial charge in [-0.05, 0) is 57.9 Å². The monoisotopic (exact) mass is 341 g/mol. The van der Waals surface area contributed by atoms with Crippen LogP contribution >= 0.6 is 0 Å². The summed E-state index contributed by atoms with van der Waals surface area (Å²) in [6.07, 6.45) is 9.47. The fraction of sp³-hybridized carbons (Fsp3) is 0.700. The van der Waals surface area contributed by atoms with Crippen LogP contribution < -0.4 is 0 Å². The molecular weight excluding hydrogens is 310 g/mol. The number of aromatic amines is 1. The Kier molecular flexibility index (Phi) is 4.67. The SMILES string of the molecule is CCc1nn(C)c(CC)c1CN1CCC[C@@H]1c1nc2c([nH]1)CCCC2. The molecule has 4 rings (SSSR count). The molecule has 0 spiro atoms. The Labute approximate surface area is 150 Å². The summed E-state index contributed by atoms with van der Waals surface area (Å²) < 4.78 is 2.09. The smallest absolute Gasteiger partial charge is 0.124 e. The van der Waals surface area contributed by atoms with Crippen LogP contribution in [-0.2, 0) is 39.3 Å². The fourth-order valence-electron chi connectivity index (χ4n) is 4.73. The van der Waals surface area contributed by atoms with Crippen LogP contribution in [0.4, 0.5) is 0 Å². The van der Waals surface area contributed by atoms with E-state index in [2.05, 4.69) is 35.5 Å². The third kappa shape index (κ3) is 3.03. The maximum absolute atomic E-state index is 5.00. The summed E-state index contributed by atoms with van der Waals surface area (Å²) in [5, 5.41) is 4.76. The van der Waals surface area contributed by atoms with E-state index >= 15 is 0 Å². The minimum absolute atomic E-state index is 0.445. The predicted molar refractivity (Wildman–Crippen MR) is 99.6 cm³/mol. The lowest BCUT2D eigenvalue weighted by atomic mass is 10.0. The molecule has 1 N–H and O–H groups in total. The third-order valence-corrected chi connectivity index (χ3v) is 6.04. The van der Waals surface area contributed by atoms with Gasteiger partial charge in [0.15, 0.2) is 0 Å². The second kappa shape index (κ2) is 6.94. The number of aromatic nitrogens is 4. The molecule has 0 aromatic carbocycles. The lowest BCUT2D eigenvalue weighted by Gasteiger charge is -2.23. The van der Waals surface area contributed by atoms with Crippen molar-refractivity contribution in [2.45, 2.75) is 77.8 Å². The number of nitrogens with zero attached hydrogens (tertiary/aromatic N) is 4. The van der Waals surface area contributed by atoms with Gasteiger partial charge in [-0.3, -0.25) is 9.58 Å². The first kappa shape index (κ1) is 16.8. The maximum atomic E-state index is 5.00. The first-order valence-corrected chi connectivity index (χ1v) is 10.1. The number of aryl methyl sites for hydroxylation is 4. The van der Waals surface area contributed by atoms with Crippen molar-refractivity contribution in [3.63, 3.8) is 0 Å². The highest BCUT2D eigenvalue weighted by Crippen LogP contribution is 2.34. The third-order valence-electron chi connectivity index (χ3n) is 6.04. The van der Waals surface area contributed by atoms with Crippen LogP contribution in [-0.4, -0.2) is 31.2 Å². The minimum Gasteiger partial charge on any atom is -0.344 e. The van der Waals surface area contributed by atoms with E-state index in [0.29, 0.717) is 6.04 Å². The zero-order valence-corrected chi connectivity index (χ0v) is 15.9. The highest BCUT2D eigenvalue weighted by atomic mass is 15.3. The van der Waals surface area contributed by atoms with E-state index in [0.717, 1.165) is 32.4 Å². The number of hydrogen-bond acceptors (Lipinski definition) is 3. The van der Waals surface area contributed by atoms with E-state index < -0.39 is 0 Å². The van der Waals surface area contributed by atoms with E-state index in [1.165, 1.54) is 66.3 Å². The van der Waals surface area contributed by atoms with Gasteiger partial charge in [0.25, 0.3) is 0 Å². The van der Waals surface area contributed by atoms with Gasteiger partial charge in [-0.25, -0.2) is 4.98 Å². The molecule has 1 atom stereocenters. The average Bonchev–Trinajstić information content (AvgIpc) is 3.31. The molecule has 0 bridgehead atoms. The highest BCUT2D eigenvalue weighted by molar-refractivity contribution is 5.27. The van der Waals surface area contributed by atoms with Gasteiger partial charge in [-0.15, -0.1) is 0 Å².